The van der Waals surface area contributed by atoms with Crippen LogP contribution in [0.3, 0.4) is 0 Å². The largest absolute Gasteiger partial charge is 0.490 e. The number of para-hydroxylation sites is 2. The summed E-state index contributed by atoms with van der Waals surface area (Å²) < 4.78 is 16.6. The molecule has 2 rings (SSSR count). The van der Waals surface area contributed by atoms with Crippen molar-refractivity contribution in [3.8, 4) is 11.5 Å². The van der Waals surface area contributed by atoms with E-state index in [2.05, 4.69) is 0 Å². The van der Waals surface area contributed by atoms with E-state index in [4.69, 9.17) is 14.2 Å². The molecule has 4 nitrogen and oxygen atoms in total. The maximum Gasteiger partial charge on any atom is 0.347 e. The lowest BCUT2D eigenvalue weighted by Crippen LogP contribution is -2.31. The molecule has 0 aromatic heterocycles. The van der Waals surface area contributed by atoms with Gasteiger partial charge in [0, 0.05) is 6.42 Å². The second-order valence-corrected chi connectivity index (χ2v) is 4.93. The fourth-order valence-electron chi connectivity index (χ4n) is 2.21. The fraction of sp³-hybridized carbons (Fsp3) is 0.316. The van der Waals surface area contributed by atoms with Crippen LogP contribution >= 0.6 is 0 Å². The third-order valence-electron chi connectivity index (χ3n) is 3.23. The van der Waals surface area contributed by atoms with Gasteiger partial charge in [0.2, 0.25) is 0 Å². The van der Waals surface area contributed by atoms with Gasteiger partial charge in [-0.25, -0.2) is 4.79 Å². The molecule has 23 heavy (non-hydrogen) atoms. The Balaban J connectivity index is 2.19. The number of carbonyl (C=O) groups excluding carboxylic acids is 1. The summed E-state index contributed by atoms with van der Waals surface area (Å²) in [5.74, 6) is 0.795. The lowest BCUT2D eigenvalue weighted by atomic mass is 10.1. The second kappa shape index (κ2) is 8.83. The van der Waals surface area contributed by atoms with E-state index in [-0.39, 0.29) is 5.97 Å². The van der Waals surface area contributed by atoms with E-state index in [1.54, 1.807) is 13.0 Å². The molecule has 0 aliphatic carbocycles. The highest BCUT2D eigenvalue weighted by molar-refractivity contribution is 5.75. The van der Waals surface area contributed by atoms with E-state index in [1.807, 2.05) is 55.5 Å². The molecule has 0 spiro atoms. The molecule has 0 aliphatic rings. The normalized spacial score (nSPS) is 11.6. The topological polar surface area (TPSA) is 44.8 Å². The Labute approximate surface area is 137 Å². The Bertz CT molecular complexity index is 610. The molecule has 0 N–H and O–H groups in total. The van der Waals surface area contributed by atoms with Crippen molar-refractivity contribution in [3.05, 3.63) is 60.2 Å². The van der Waals surface area contributed by atoms with Gasteiger partial charge in [0.25, 0.3) is 0 Å². The summed E-state index contributed by atoms with van der Waals surface area (Å²) in [6.45, 7) is 4.54. The molecule has 1 unspecified atom stereocenters. The maximum atomic E-state index is 12.2. The molecular formula is C19H22O4. The van der Waals surface area contributed by atoms with Crippen LogP contribution in [-0.2, 0) is 16.0 Å². The Morgan fingerprint density at radius 2 is 1.57 bits per heavy atom. The van der Waals surface area contributed by atoms with Crippen molar-refractivity contribution in [1.82, 2.24) is 0 Å². The van der Waals surface area contributed by atoms with Gasteiger partial charge >= 0.3 is 5.97 Å². The summed E-state index contributed by atoms with van der Waals surface area (Å²) in [4.78, 5) is 12.2. The summed E-state index contributed by atoms with van der Waals surface area (Å²) in [5, 5.41) is 0. The molecule has 0 amide bonds. The summed E-state index contributed by atoms with van der Waals surface area (Å²) in [6.07, 6.45) is -0.265. The van der Waals surface area contributed by atoms with Crippen molar-refractivity contribution in [2.75, 3.05) is 13.2 Å². The van der Waals surface area contributed by atoms with Crippen molar-refractivity contribution in [1.29, 1.82) is 0 Å². The smallest absolute Gasteiger partial charge is 0.347 e. The summed E-state index contributed by atoms with van der Waals surface area (Å²) in [6, 6.07) is 17.1. The monoisotopic (exact) mass is 314 g/mol. The molecule has 1 atom stereocenters. The van der Waals surface area contributed by atoms with Crippen molar-refractivity contribution in [2.45, 2.75) is 26.4 Å². The molecule has 0 saturated carbocycles. The van der Waals surface area contributed by atoms with Gasteiger partial charge in [-0.3, -0.25) is 0 Å². The van der Waals surface area contributed by atoms with E-state index < -0.39 is 6.10 Å². The zero-order chi connectivity index (χ0) is 16.5. The molecule has 0 fully saturated rings. The molecular weight excluding hydrogens is 292 g/mol. The van der Waals surface area contributed by atoms with E-state index >= 15 is 0 Å². The van der Waals surface area contributed by atoms with Crippen molar-refractivity contribution in [2.24, 2.45) is 0 Å². The average Bonchev–Trinajstić information content (AvgIpc) is 2.57. The number of esters is 1. The minimum absolute atomic E-state index is 0.320. The molecule has 0 saturated heterocycles. The zero-order valence-electron chi connectivity index (χ0n) is 13.5. The van der Waals surface area contributed by atoms with Gasteiger partial charge in [-0.05, 0) is 31.5 Å². The number of carbonyl (C=O) groups is 1. The summed E-state index contributed by atoms with van der Waals surface area (Å²) in [5.41, 5.74) is 1.01. The number of ether oxygens (including phenoxy) is 3. The highest BCUT2D eigenvalue weighted by atomic mass is 16.6. The van der Waals surface area contributed by atoms with Gasteiger partial charge in [-0.15, -0.1) is 0 Å². The number of hydrogen-bond acceptors (Lipinski definition) is 4. The Morgan fingerprint density at radius 1 is 0.913 bits per heavy atom. The van der Waals surface area contributed by atoms with Crippen LogP contribution in [0.2, 0.25) is 0 Å². The van der Waals surface area contributed by atoms with Crippen LogP contribution in [-0.4, -0.2) is 25.3 Å². The first-order valence-electron chi connectivity index (χ1n) is 7.83. The first-order chi connectivity index (χ1) is 11.2. The number of rotatable bonds is 8. The highest BCUT2D eigenvalue weighted by Gasteiger charge is 2.23. The first kappa shape index (κ1) is 16.9. The van der Waals surface area contributed by atoms with Crippen molar-refractivity contribution in [3.63, 3.8) is 0 Å². The minimum atomic E-state index is -0.709. The third kappa shape index (κ3) is 5.02. The van der Waals surface area contributed by atoms with E-state index in [9.17, 15) is 4.79 Å². The van der Waals surface area contributed by atoms with Crippen LogP contribution in [0.25, 0.3) is 0 Å². The standard InChI is InChI=1S/C19H22O4/c1-3-21-16-12-8-9-13-17(16)23-18(19(20)22-4-2)14-15-10-6-5-7-11-15/h5-13,18H,3-4,14H2,1-2H3. The van der Waals surface area contributed by atoms with Crippen molar-refractivity contribution < 1.29 is 19.0 Å². The third-order valence-corrected chi connectivity index (χ3v) is 3.23. The lowest BCUT2D eigenvalue weighted by molar-refractivity contribution is -0.151. The Kier molecular flexibility index (Phi) is 6.48. The quantitative estimate of drug-likeness (QED) is 0.698. The Morgan fingerprint density at radius 3 is 2.22 bits per heavy atom. The van der Waals surface area contributed by atoms with E-state index in [0.29, 0.717) is 31.1 Å². The van der Waals surface area contributed by atoms with Crippen LogP contribution in [0.1, 0.15) is 19.4 Å². The second-order valence-electron chi connectivity index (χ2n) is 4.93. The molecule has 2 aromatic carbocycles. The van der Waals surface area contributed by atoms with Crippen molar-refractivity contribution >= 4 is 5.97 Å². The van der Waals surface area contributed by atoms with Gasteiger partial charge in [-0.2, -0.15) is 0 Å². The fourth-order valence-corrected chi connectivity index (χ4v) is 2.21. The minimum Gasteiger partial charge on any atom is -0.490 e. The van der Waals surface area contributed by atoms with E-state index in [1.165, 1.54) is 0 Å². The molecule has 2 aromatic rings. The zero-order valence-corrected chi connectivity index (χ0v) is 13.5. The molecule has 0 heterocycles. The van der Waals surface area contributed by atoms with Gasteiger partial charge in [0.15, 0.2) is 17.6 Å². The van der Waals surface area contributed by atoms with Crippen LogP contribution in [0.5, 0.6) is 11.5 Å². The van der Waals surface area contributed by atoms with Crippen LogP contribution in [0, 0.1) is 0 Å². The van der Waals surface area contributed by atoms with E-state index in [0.717, 1.165) is 5.56 Å². The van der Waals surface area contributed by atoms with Gasteiger partial charge < -0.3 is 14.2 Å². The predicted molar refractivity (Wildman–Crippen MR) is 88.8 cm³/mol. The SMILES string of the molecule is CCOC(=O)C(Cc1ccccc1)Oc1ccccc1OCC. The first-order valence-corrected chi connectivity index (χ1v) is 7.83. The number of hydrogen-bond donors (Lipinski definition) is 0. The predicted octanol–water partition coefficient (Wildman–Crippen LogP) is 3.64. The van der Waals surface area contributed by atoms with Gasteiger partial charge in [-0.1, -0.05) is 42.5 Å². The Hall–Kier alpha value is -2.49. The summed E-state index contributed by atoms with van der Waals surface area (Å²) >= 11 is 0. The molecule has 0 bridgehead atoms. The van der Waals surface area contributed by atoms with Crippen LogP contribution < -0.4 is 9.47 Å². The molecule has 0 aliphatic heterocycles. The average molecular weight is 314 g/mol. The molecule has 0 radical (unpaired) electrons. The van der Waals surface area contributed by atoms with Gasteiger partial charge in [0.1, 0.15) is 0 Å². The maximum absolute atomic E-state index is 12.2. The lowest BCUT2D eigenvalue weighted by Gasteiger charge is -2.19. The van der Waals surface area contributed by atoms with Crippen LogP contribution in [0.4, 0.5) is 0 Å². The summed E-state index contributed by atoms with van der Waals surface area (Å²) in [7, 11) is 0. The highest BCUT2D eigenvalue weighted by Crippen LogP contribution is 2.28. The van der Waals surface area contributed by atoms with Gasteiger partial charge in [0.05, 0.1) is 13.2 Å². The molecule has 4 heteroatoms. The number of benzene rings is 2. The molecule has 122 valence electrons. The van der Waals surface area contributed by atoms with Crippen LogP contribution in [0.15, 0.2) is 54.6 Å².